The van der Waals surface area contributed by atoms with Crippen LogP contribution < -0.4 is 0 Å². The average Bonchev–Trinajstić information content (AvgIpc) is 2.61. The van der Waals surface area contributed by atoms with Gasteiger partial charge in [-0.15, -0.1) is 0 Å². The summed E-state index contributed by atoms with van der Waals surface area (Å²) in [7, 11) is 0. The number of rotatable bonds is 10. The van der Waals surface area contributed by atoms with Gasteiger partial charge in [-0.2, -0.15) is 0 Å². The van der Waals surface area contributed by atoms with Crippen LogP contribution in [0, 0.1) is 0 Å². The molecule has 0 fully saturated rings. The second-order valence-corrected chi connectivity index (χ2v) is 3.52. The first-order chi connectivity index (χ1) is 11.5. The quantitative estimate of drug-likeness (QED) is 0.281. The summed E-state index contributed by atoms with van der Waals surface area (Å²) >= 11 is 0. The minimum absolute atomic E-state index is 0.361. The fraction of sp³-hybridized carbons (Fsp3) is 0.857. The van der Waals surface area contributed by atoms with E-state index < -0.39 is 26.9 Å². The van der Waals surface area contributed by atoms with Crippen LogP contribution in [0.5, 0.6) is 0 Å². The standard InChI is InChI=1S/2C4H10O.2C3H7NO3/c2*1-3-5-4-2;2*5-1-4(2-6)3-7/h2*3-4H2,1-2H3;2*1,6-7H,2-3H2. The Balaban J connectivity index is -0.000000113. The van der Waals surface area contributed by atoms with Crippen molar-refractivity contribution in [2.75, 3.05) is 53.4 Å². The van der Waals surface area contributed by atoms with Gasteiger partial charge < -0.3 is 29.9 Å². The van der Waals surface area contributed by atoms with Gasteiger partial charge in [0.15, 0.2) is 0 Å². The molecular weight excluding hydrogens is 324 g/mol. The zero-order valence-electron chi connectivity index (χ0n) is 15.1. The lowest BCUT2D eigenvalue weighted by Crippen LogP contribution is -2.23. The number of carbonyl (C=O) groups is 2. The van der Waals surface area contributed by atoms with Crippen molar-refractivity contribution in [2.45, 2.75) is 27.7 Å². The highest BCUT2D eigenvalue weighted by molar-refractivity contribution is 5.46. The van der Waals surface area contributed by atoms with E-state index in [9.17, 15) is 9.59 Å². The van der Waals surface area contributed by atoms with Gasteiger partial charge in [-0.05, 0) is 27.7 Å². The maximum atomic E-state index is 9.57. The second kappa shape index (κ2) is 33.3. The van der Waals surface area contributed by atoms with E-state index in [2.05, 4.69) is 0 Å². The average molecular weight is 358 g/mol. The Morgan fingerprint density at radius 2 is 0.833 bits per heavy atom. The Morgan fingerprint density at radius 3 is 0.833 bits per heavy atom. The van der Waals surface area contributed by atoms with Crippen molar-refractivity contribution in [3.63, 3.8) is 0 Å². The van der Waals surface area contributed by atoms with Gasteiger partial charge in [0.25, 0.3) is 0 Å². The summed E-state index contributed by atoms with van der Waals surface area (Å²) in [6, 6.07) is 0. The zero-order valence-corrected chi connectivity index (χ0v) is 15.1. The zero-order chi connectivity index (χ0) is 19.6. The Morgan fingerprint density at radius 1 is 0.625 bits per heavy atom. The highest BCUT2D eigenvalue weighted by Gasteiger charge is 1.90. The van der Waals surface area contributed by atoms with Crippen molar-refractivity contribution < 1.29 is 39.5 Å². The van der Waals surface area contributed by atoms with Crippen LogP contribution in [0.4, 0.5) is 0 Å². The molecule has 0 rings (SSSR count). The van der Waals surface area contributed by atoms with E-state index in [1.165, 1.54) is 0 Å². The lowest BCUT2D eigenvalue weighted by atomic mass is 10.8. The molecule has 4 N–H and O–H groups in total. The number of carbonyl (C=O) groups excluding carboxylic acids is 2. The molecule has 10 heteroatoms. The van der Waals surface area contributed by atoms with E-state index in [1.54, 1.807) is 0 Å². The van der Waals surface area contributed by atoms with Gasteiger partial charge >= 0.3 is 0 Å². The molecule has 0 radical (unpaired) electrons. The van der Waals surface area contributed by atoms with Crippen molar-refractivity contribution in [3.05, 3.63) is 0 Å². The summed E-state index contributed by atoms with van der Waals surface area (Å²) in [5.41, 5.74) is 0. The van der Waals surface area contributed by atoms with Gasteiger partial charge in [0.2, 0.25) is 12.8 Å². The fourth-order valence-corrected chi connectivity index (χ4v) is 0.631. The predicted octanol–water partition coefficient (Wildman–Crippen LogP) is -1.23. The fourth-order valence-electron chi connectivity index (χ4n) is 0.631. The first-order valence-electron chi connectivity index (χ1n) is 7.50. The Kier molecular flexibility index (Phi) is 42.5. The van der Waals surface area contributed by atoms with E-state index in [0.29, 0.717) is 12.8 Å². The molecule has 0 aliphatic rings. The van der Waals surface area contributed by atoms with Gasteiger partial charge in [-0.3, -0.25) is 19.4 Å². The molecule has 0 bridgehead atoms. The summed E-state index contributed by atoms with van der Waals surface area (Å²) in [5.74, 6) is 0. The number of hydrogen-bond acceptors (Lipinski definition) is 8. The van der Waals surface area contributed by atoms with Gasteiger partial charge in [-0.25, -0.2) is 0 Å². The largest absolute Gasteiger partial charge is 0.382 e. The van der Waals surface area contributed by atoms with Gasteiger partial charge in [0, 0.05) is 26.4 Å². The molecule has 0 saturated carbocycles. The maximum absolute atomic E-state index is 9.57. The van der Waals surface area contributed by atoms with Crippen molar-refractivity contribution in [2.24, 2.45) is 0 Å². The minimum Gasteiger partial charge on any atom is -0.382 e. The molecule has 0 unspecified atom stereocenters. The third-order valence-electron chi connectivity index (χ3n) is 1.84. The lowest BCUT2D eigenvalue weighted by Gasteiger charge is -2.06. The second-order valence-electron chi connectivity index (χ2n) is 3.52. The number of ether oxygens (including phenoxy) is 2. The topological polar surface area (TPSA) is 140 Å². The van der Waals surface area contributed by atoms with Crippen molar-refractivity contribution in [1.29, 1.82) is 0 Å². The van der Waals surface area contributed by atoms with Crippen molar-refractivity contribution in [3.8, 4) is 0 Å². The van der Waals surface area contributed by atoms with Gasteiger partial charge in [0.05, 0.1) is 0 Å². The Bertz CT molecular complexity index is 189. The van der Waals surface area contributed by atoms with Gasteiger partial charge in [0.1, 0.15) is 26.9 Å². The third kappa shape index (κ3) is 37.2. The summed E-state index contributed by atoms with van der Waals surface area (Å²) in [6.07, 6.45) is 0.722. The normalized spacial score (nSPS) is 8.33. The SMILES string of the molecule is CCOCC.CCOCC.O=CN(CO)CO.O=CN(CO)CO. The number of aliphatic hydroxyl groups is 4. The number of aliphatic hydroxyl groups excluding tert-OH is 4. The summed E-state index contributed by atoms with van der Waals surface area (Å²) in [6.45, 7) is 9.61. The molecule has 2 amide bonds. The molecule has 0 saturated heterocycles. The summed E-state index contributed by atoms with van der Waals surface area (Å²) in [5, 5.41) is 32.2. The molecule has 0 spiro atoms. The van der Waals surface area contributed by atoms with Crippen LogP contribution in [0.3, 0.4) is 0 Å². The molecule has 0 aromatic heterocycles. The molecule has 10 nitrogen and oxygen atoms in total. The molecule has 0 aliphatic carbocycles. The monoisotopic (exact) mass is 358 g/mol. The van der Waals surface area contributed by atoms with E-state index in [0.717, 1.165) is 36.2 Å². The van der Waals surface area contributed by atoms with Crippen LogP contribution in [0.15, 0.2) is 0 Å². The molecule has 0 aromatic rings. The first kappa shape index (κ1) is 30.6. The third-order valence-corrected chi connectivity index (χ3v) is 1.84. The predicted molar refractivity (Wildman–Crippen MR) is 88.5 cm³/mol. The molecule has 24 heavy (non-hydrogen) atoms. The maximum Gasteiger partial charge on any atom is 0.213 e. The van der Waals surface area contributed by atoms with Gasteiger partial charge in [-0.1, -0.05) is 0 Å². The van der Waals surface area contributed by atoms with Crippen LogP contribution in [0.25, 0.3) is 0 Å². The first-order valence-corrected chi connectivity index (χ1v) is 7.50. The molecule has 0 atom stereocenters. The lowest BCUT2D eigenvalue weighted by molar-refractivity contribution is -0.126. The van der Waals surface area contributed by atoms with Crippen molar-refractivity contribution in [1.82, 2.24) is 9.80 Å². The van der Waals surface area contributed by atoms with Crippen LogP contribution in [-0.2, 0) is 19.1 Å². The summed E-state index contributed by atoms with van der Waals surface area (Å²) in [4.78, 5) is 20.8. The molecule has 148 valence electrons. The molecular formula is C14H34N2O8. The smallest absolute Gasteiger partial charge is 0.213 e. The Hall–Kier alpha value is -1.30. The highest BCUT2D eigenvalue weighted by atomic mass is 16.5. The van der Waals surface area contributed by atoms with Crippen molar-refractivity contribution >= 4 is 12.8 Å². The van der Waals surface area contributed by atoms with Crippen LogP contribution in [0.1, 0.15) is 27.7 Å². The van der Waals surface area contributed by atoms with Crippen LogP contribution >= 0.6 is 0 Å². The van der Waals surface area contributed by atoms with Crippen LogP contribution in [-0.4, -0.2) is 96.4 Å². The molecule has 0 heterocycles. The van der Waals surface area contributed by atoms with E-state index in [1.807, 2.05) is 27.7 Å². The number of nitrogens with zero attached hydrogens (tertiary/aromatic N) is 2. The Labute approximate surface area is 144 Å². The molecule has 0 aliphatic heterocycles. The highest BCUT2D eigenvalue weighted by Crippen LogP contribution is 1.71. The van der Waals surface area contributed by atoms with E-state index >= 15 is 0 Å². The number of hydrogen-bond donors (Lipinski definition) is 4. The van der Waals surface area contributed by atoms with E-state index in [4.69, 9.17) is 29.9 Å². The molecule has 0 aromatic carbocycles. The summed E-state index contributed by atoms with van der Waals surface area (Å²) < 4.78 is 9.67. The van der Waals surface area contributed by atoms with Crippen LogP contribution in [0.2, 0.25) is 0 Å². The number of amides is 2. The van der Waals surface area contributed by atoms with E-state index in [-0.39, 0.29) is 0 Å². The minimum atomic E-state index is -0.431.